The summed E-state index contributed by atoms with van der Waals surface area (Å²) in [7, 11) is 0.882. The number of imide groups is 2. The molecule has 2 aromatic carbocycles. The maximum Gasteiger partial charge on any atom is 0.333 e. The Balaban J connectivity index is 1.59. The number of hydrogen-bond donors (Lipinski definition) is 0. The minimum absolute atomic E-state index is 0.00166. The maximum absolute atomic E-state index is 12.8. The minimum Gasteiger partial charge on any atom is -0.302 e. The van der Waals surface area contributed by atoms with Crippen molar-refractivity contribution in [2.75, 3.05) is 19.0 Å². The first-order valence-corrected chi connectivity index (χ1v) is 15.8. The summed E-state index contributed by atoms with van der Waals surface area (Å²) >= 11 is 1.58. The van der Waals surface area contributed by atoms with Gasteiger partial charge in [-0.25, -0.2) is 4.79 Å². The molecule has 0 saturated carbocycles. The number of rotatable bonds is 1. The second-order valence-electron chi connectivity index (χ2n) is 10.7. The van der Waals surface area contributed by atoms with Gasteiger partial charge in [-0.1, -0.05) is 63.3 Å². The Morgan fingerprint density at radius 1 is 0.861 bits per heavy atom. The number of anilines is 3. The Hall–Kier alpha value is -3.49. The van der Waals surface area contributed by atoms with Crippen LogP contribution in [0.2, 0.25) is 13.1 Å². The third kappa shape index (κ3) is 2.79. The molecule has 1 fully saturated rings. The highest BCUT2D eigenvalue weighted by Gasteiger charge is 2.47. The van der Waals surface area contributed by atoms with Crippen molar-refractivity contribution in [2.45, 2.75) is 32.4 Å². The van der Waals surface area contributed by atoms with Crippen LogP contribution >= 0.6 is 11.3 Å². The number of hydrogen-bond acceptors (Lipinski definition) is 5. The monoisotopic (exact) mass is 513 g/mol. The summed E-state index contributed by atoms with van der Waals surface area (Å²) in [6, 6.07) is 16.8. The quantitative estimate of drug-likeness (QED) is 0.275. The lowest BCUT2D eigenvalue weighted by Crippen LogP contribution is -2.59. The Morgan fingerprint density at radius 2 is 1.50 bits per heavy atom. The van der Waals surface area contributed by atoms with Crippen molar-refractivity contribution in [3.05, 3.63) is 70.1 Å². The Labute approximate surface area is 215 Å². The van der Waals surface area contributed by atoms with E-state index in [1.165, 1.54) is 41.4 Å². The summed E-state index contributed by atoms with van der Waals surface area (Å²) in [5.74, 6) is -1.15. The number of benzene rings is 2. The Bertz CT molecular complexity index is 1530. The summed E-state index contributed by atoms with van der Waals surface area (Å²) in [6.45, 7) is 9.32. The van der Waals surface area contributed by atoms with Crippen LogP contribution in [0.15, 0.2) is 54.1 Å². The molecule has 3 aliphatic heterocycles. The van der Waals surface area contributed by atoms with Gasteiger partial charge in [-0.15, -0.1) is 11.3 Å². The predicted molar refractivity (Wildman–Crippen MR) is 147 cm³/mol. The van der Waals surface area contributed by atoms with E-state index in [4.69, 9.17) is 0 Å². The van der Waals surface area contributed by atoms with E-state index in [0.29, 0.717) is 0 Å². The largest absolute Gasteiger partial charge is 0.333 e. The van der Waals surface area contributed by atoms with E-state index in [9.17, 15) is 14.4 Å². The van der Waals surface area contributed by atoms with Gasteiger partial charge in [-0.2, -0.15) is 0 Å². The van der Waals surface area contributed by atoms with Crippen LogP contribution in [0, 0.1) is 0 Å². The lowest BCUT2D eigenvalue weighted by Gasteiger charge is -2.47. The molecule has 0 unspecified atom stereocenters. The van der Waals surface area contributed by atoms with Crippen LogP contribution in [-0.2, 0) is 15.0 Å². The van der Waals surface area contributed by atoms with Crippen molar-refractivity contribution >= 4 is 70.1 Å². The van der Waals surface area contributed by atoms with Crippen molar-refractivity contribution in [1.82, 2.24) is 9.80 Å². The molecule has 6 nitrogen and oxygen atoms in total. The van der Waals surface area contributed by atoms with Crippen molar-refractivity contribution in [2.24, 2.45) is 0 Å². The molecule has 182 valence electrons. The SMILES string of the molecule is CN1C(=O)C(=Cc2cc3c(s2)N2c4ccccc4[Si](C)(C)c4cccc(c42)C3(C)C)C(=O)N(C)C1=O. The molecule has 0 N–H and O–H groups in total. The fraction of sp³-hybridized carbons (Fsp3) is 0.250. The standard InChI is InChI=1S/C28H27N3O3SSi/c1-28(2)18-10-9-13-22-23(18)31(20-11-7-8-12-21(20)36(22,5)6)26-19(28)15-16(35-26)14-17-24(32)29(3)27(34)30(4)25(17)33/h7-15H,1-6H3. The van der Waals surface area contributed by atoms with Crippen molar-refractivity contribution in [3.63, 3.8) is 0 Å². The van der Waals surface area contributed by atoms with Crippen LogP contribution in [0.5, 0.6) is 0 Å². The van der Waals surface area contributed by atoms with E-state index in [0.717, 1.165) is 25.2 Å². The van der Waals surface area contributed by atoms with Crippen molar-refractivity contribution in [3.8, 4) is 0 Å². The molecular weight excluding hydrogens is 486 g/mol. The minimum atomic E-state index is -1.92. The fourth-order valence-corrected chi connectivity index (χ4v) is 10.1. The zero-order valence-electron chi connectivity index (χ0n) is 21.2. The molecule has 6 rings (SSSR count). The first kappa shape index (κ1) is 22.9. The average Bonchev–Trinajstić information content (AvgIpc) is 3.29. The molecule has 0 radical (unpaired) electrons. The molecule has 0 spiro atoms. The summed E-state index contributed by atoms with van der Waals surface area (Å²) in [5, 5.41) is 3.93. The van der Waals surface area contributed by atoms with E-state index < -0.39 is 25.9 Å². The van der Waals surface area contributed by atoms with E-state index in [-0.39, 0.29) is 11.0 Å². The summed E-state index contributed by atoms with van der Waals surface area (Å²) in [6.07, 6.45) is 1.64. The highest BCUT2D eigenvalue weighted by molar-refractivity contribution is 7.17. The number of carbonyl (C=O) groups is 3. The van der Waals surface area contributed by atoms with Crippen LogP contribution in [0.4, 0.5) is 21.2 Å². The number of para-hydroxylation sites is 2. The van der Waals surface area contributed by atoms with Crippen LogP contribution in [0.25, 0.3) is 6.08 Å². The van der Waals surface area contributed by atoms with Gasteiger partial charge in [-0.3, -0.25) is 19.4 Å². The molecule has 4 amide bonds. The lowest BCUT2D eigenvalue weighted by molar-refractivity contribution is -0.134. The number of carbonyl (C=O) groups excluding carboxylic acids is 3. The molecular formula is C28H27N3O3SSi. The summed E-state index contributed by atoms with van der Waals surface area (Å²) < 4.78 is 0. The van der Waals surface area contributed by atoms with Gasteiger partial charge in [0.2, 0.25) is 0 Å². The topological polar surface area (TPSA) is 60.9 Å². The number of nitrogens with zero attached hydrogens (tertiary/aromatic N) is 3. The number of barbiturate groups is 1. The molecule has 36 heavy (non-hydrogen) atoms. The van der Waals surface area contributed by atoms with Crippen LogP contribution < -0.4 is 15.3 Å². The number of urea groups is 1. The second-order valence-corrected chi connectivity index (χ2v) is 16.1. The zero-order valence-corrected chi connectivity index (χ0v) is 23.0. The van der Waals surface area contributed by atoms with Crippen LogP contribution in [-0.4, -0.2) is 49.8 Å². The highest BCUT2D eigenvalue weighted by atomic mass is 32.1. The maximum atomic E-state index is 12.8. The molecule has 0 aliphatic carbocycles. The van der Waals surface area contributed by atoms with Gasteiger partial charge in [-0.05, 0) is 39.7 Å². The normalized spacial score (nSPS) is 19.2. The van der Waals surface area contributed by atoms with E-state index in [1.807, 2.05) is 0 Å². The molecule has 4 heterocycles. The molecule has 1 aromatic heterocycles. The predicted octanol–water partition coefficient (Wildman–Crippen LogP) is 4.43. The van der Waals surface area contributed by atoms with Gasteiger partial charge in [0.25, 0.3) is 11.8 Å². The fourth-order valence-electron chi connectivity index (χ4n) is 5.81. The van der Waals surface area contributed by atoms with Crippen LogP contribution in [0.1, 0.15) is 29.9 Å². The highest BCUT2D eigenvalue weighted by Crippen LogP contribution is 2.56. The summed E-state index contributed by atoms with van der Waals surface area (Å²) in [4.78, 5) is 43.0. The van der Waals surface area contributed by atoms with Gasteiger partial charge in [0, 0.05) is 30.1 Å². The van der Waals surface area contributed by atoms with Gasteiger partial charge in [0.1, 0.15) is 18.6 Å². The van der Waals surface area contributed by atoms with E-state index in [2.05, 4.69) is 80.4 Å². The van der Waals surface area contributed by atoms with Crippen molar-refractivity contribution < 1.29 is 14.4 Å². The summed E-state index contributed by atoms with van der Waals surface area (Å²) in [5.41, 5.74) is 4.68. The third-order valence-electron chi connectivity index (χ3n) is 7.96. The Morgan fingerprint density at radius 3 is 2.19 bits per heavy atom. The first-order valence-electron chi connectivity index (χ1n) is 12.0. The molecule has 0 bridgehead atoms. The lowest BCUT2D eigenvalue weighted by atomic mass is 9.75. The number of thiophene rings is 1. The first-order chi connectivity index (χ1) is 17.0. The number of amides is 4. The molecule has 0 atom stereocenters. The van der Waals surface area contributed by atoms with Gasteiger partial charge in [0.05, 0.1) is 5.69 Å². The van der Waals surface area contributed by atoms with Crippen LogP contribution in [0.3, 0.4) is 0 Å². The molecule has 3 aromatic rings. The van der Waals surface area contributed by atoms with E-state index in [1.54, 1.807) is 17.4 Å². The van der Waals surface area contributed by atoms with Gasteiger partial charge >= 0.3 is 6.03 Å². The number of fused-ring (bicyclic) bond motifs is 4. The zero-order chi connectivity index (χ0) is 25.7. The molecule has 1 saturated heterocycles. The number of likely N-dealkylation sites (N-methyl/N-ethyl adjacent to an activating group) is 2. The van der Waals surface area contributed by atoms with Crippen molar-refractivity contribution in [1.29, 1.82) is 0 Å². The second kappa shape index (κ2) is 7.27. The smallest absolute Gasteiger partial charge is 0.302 e. The average molecular weight is 514 g/mol. The Kier molecular flexibility index (Phi) is 4.63. The van der Waals surface area contributed by atoms with E-state index >= 15 is 0 Å². The molecule has 8 heteroatoms. The third-order valence-corrected chi connectivity index (χ3v) is 12.6. The molecule has 3 aliphatic rings. The van der Waals surface area contributed by atoms with Gasteiger partial charge < -0.3 is 4.90 Å². The van der Waals surface area contributed by atoms with Gasteiger partial charge in [0.15, 0.2) is 0 Å².